The fourth-order valence-electron chi connectivity index (χ4n) is 4.26. The molecule has 0 radical (unpaired) electrons. The molecule has 3 rings (SSSR count). The molecule has 1 heterocycles. The number of benzene rings is 2. The van der Waals surface area contributed by atoms with Crippen molar-refractivity contribution in [2.75, 3.05) is 13.2 Å². The van der Waals surface area contributed by atoms with Gasteiger partial charge in [-0.3, -0.25) is 9.08 Å². The summed E-state index contributed by atoms with van der Waals surface area (Å²) in [6, 6.07) is 17.2. The minimum atomic E-state index is -3.77. The summed E-state index contributed by atoms with van der Waals surface area (Å²) < 4.78 is 31.0. The number of piperidine rings is 1. The van der Waals surface area contributed by atoms with E-state index < -0.39 is 10.1 Å². The average Bonchev–Trinajstić information content (AvgIpc) is 2.68. The van der Waals surface area contributed by atoms with Crippen molar-refractivity contribution in [1.29, 1.82) is 0 Å². The van der Waals surface area contributed by atoms with Gasteiger partial charge >= 0.3 is 0 Å². The van der Waals surface area contributed by atoms with Crippen LogP contribution in [0.1, 0.15) is 51.2 Å². The lowest BCUT2D eigenvalue weighted by Crippen LogP contribution is -2.60. The van der Waals surface area contributed by atoms with Gasteiger partial charge in [0.1, 0.15) is 0 Å². The third-order valence-electron chi connectivity index (χ3n) is 5.99. The molecule has 0 aliphatic carbocycles. The maximum atomic E-state index is 12.7. The van der Waals surface area contributed by atoms with Crippen molar-refractivity contribution in [2.45, 2.75) is 62.9 Å². The van der Waals surface area contributed by atoms with Gasteiger partial charge in [-0.1, -0.05) is 54.4 Å². The van der Waals surface area contributed by atoms with Crippen molar-refractivity contribution in [1.82, 2.24) is 4.90 Å². The summed E-state index contributed by atoms with van der Waals surface area (Å²) in [6.07, 6.45) is 3.09. The van der Waals surface area contributed by atoms with Crippen LogP contribution < -0.4 is 0 Å². The normalized spacial score (nSPS) is 21.6. The third-order valence-corrected chi connectivity index (χ3v) is 7.27. The fourth-order valence-corrected chi connectivity index (χ4v) is 5.28. The third kappa shape index (κ3) is 4.32. The Labute approximate surface area is 169 Å². The first-order valence-corrected chi connectivity index (χ1v) is 11.4. The molecule has 0 aromatic heterocycles. The SMILES string of the molecule is Cc1ccc(S(=O)(=O)OC[C@@]2(C)CCCCN2C(C)(C)c2ccccc2)cc1. The Morgan fingerprint density at radius 3 is 2.32 bits per heavy atom. The molecule has 0 bridgehead atoms. The average molecular weight is 402 g/mol. The van der Waals surface area contributed by atoms with Gasteiger partial charge in [0.05, 0.1) is 11.5 Å². The second-order valence-corrected chi connectivity index (χ2v) is 10.2. The monoisotopic (exact) mass is 401 g/mol. The van der Waals surface area contributed by atoms with Crippen LogP contribution in [-0.4, -0.2) is 32.0 Å². The van der Waals surface area contributed by atoms with Crippen LogP contribution in [0.5, 0.6) is 0 Å². The van der Waals surface area contributed by atoms with E-state index in [0.29, 0.717) is 0 Å². The van der Waals surface area contributed by atoms with Gasteiger partial charge in [0.2, 0.25) is 0 Å². The van der Waals surface area contributed by atoms with E-state index in [-0.39, 0.29) is 22.6 Å². The molecule has 0 unspecified atom stereocenters. The number of nitrogens with zero attached hydrogens (tertiary/aromatic N) is 1. The molecule has 152 valence electrons. The van der Waals surface area contributed by atoms with Crippen LogP contribution in [-0.2, 0) is 19.8 Å². The lowest BCUT2D eigenvalue weighted by atomic mass is 9.81. The van der Waals surface area contributed by atoms with Crippen molar-refractivity contribution in [3.63, 3.8) is 0 Å². The van der Waals surface area contributed by atoms with E-state index in [1.807, 2.05) is 13.0 Å². The van der Waals surface area contributed by atoms with Gasteiger partial charge in [-0.25, -0.2) is 0 Å². The second-order valence-electron chi connectivity index (χ2n) is 8.56. The standard InChI is InChI=1S/C23H31NO3S/c1-19-12-14-21(15-13-19)28(25,26)27-18-23(4)16-8-9-17-24(23)22(2,3)20-10-6-5-7-11-20/h5-7,10-15H,8-9,16-18H2,1-4H3/t23-/m1/s1. The van der Waals surface area contributed by atoms with Crippen LogP contribution in [0.2, 0.25) is 0 Å². The topological polar surface area (TPSA) is 46.6 Å². The molecule has 0 spiro atoms. The summed E-state index contributed by atoms with van der Waals surface area (Å²) in [5.74, 6) is 0. The van der Waals surface area contributed by atoms with Crippen LogP contribution in [0, 0.1) is 6.92 Å². The minimum absolute atomic E-state index is 0.152. The lowest BCUT2D eigenvalue weighted by Gasteiger charge is -2.53. The van der Waals surface area contributed by atoms with E-state index in [2.05, 4.69) is 49.9 Å². The van der Waals surface area contributed by atoms with Crippen LogP contribution in [0.4, 0.5) is 0 Å². The van der Waals surface area contributed by atoms with Crippen molar-refractivity contribution < 1.29 is 12.6 Å². The predicted octanol–water partition coefficient (Wildman–Crippen LogP) is 4.88. The molecule has 0 amide bonds. The van der Waals surface area contributed by atoms with Gasteiger partial charge in [0.25, 0.3) is 10.1 Å². The molecule has 1 aliphatic rings. The van der Waals surface area contributed by atoms with Crippen LogP contribution >= 0.6 is 0 Å². The summed E-state index contributed by atoms with van der Waals surface area (Å²) in [5.41, 5.74) is 1.68. The molecule has 0 saturated carbocycles. The smallest absolute Gasteiger partial charge is 0.286 e. The van der Waals surface area contributed by atoms with E-state index in [0.717, 1.165) is 31.4 Å². The van der Waals surface area contributed by atoms with Crippen molar-refractivity contribution >= 4 is 10.1 Å². The van der Waals surface area contributed by atoms with Gasteiger partial charge in [-0.2, -0.15) is 8.42 Å². The molecule has 0 N–H and O–H groups in total. The molecule has 1 atom stereocenters. The van der Waals surface area contributed by atoms with Crippen molar-refractivity contribution in [3.8, 4) is 0 Å². The van der Waals surface area contributed by atoms with E-state index in [1.165, 1.54) is 5.56 Å². The Morgan fingerprint density at radius 1 is 1.04 bits per heavy atom. The lowest BCUT2D eigenvalue weighted by molar-refractivity contribution is -0.0486. The Morgan fingerprint density at radius 2 is 1.68 bits per heavy atom. The minimum Gasteiger partial charge on any atom is -0.286 e. The highest BCUT2D eigenvalue weighted by Gasteiger charge is 2.44. The second kappa shape index (κ2) is 7.97. The number of aryl methyl sites for hydroxylation is 1. The van der Waals surface area contributed by atoms with Crippen LogP contribution in [0.25, 0.3) is 0 Å². The van der Waals surface area contributed by atoms with Gasteiger partial charge in [0, 0.05) is 11.1 Å². The number of hydrogen-bond acceptors (Lipinski definition) is 4. The molecule has 1 saturated heterocycles. The Bertz CT molecular complexity index is 891. The van der Waals surface area contributed by atoms with Gasteiger partial charge in [-0.15, -0.1) is 0 Å². The van der Waals surface area contributed by atoms with Gasteiger partial charge < -0.3 is 0 Å². The Hall–Kier alpha value is -1.69. The summed E-state index contributed by atoms with van der Waals surface area (Å²) in [6.45, 7) is 9.55. The summed E-state index contributed by atoms with van der Waals surface area (Å²) in [7, 11) is -3.77. The highest BCUT2D eigenvalue weighted by atomic mass is 32.2. The molecule has 28 heavy (non-hydrogen) atoms. The summed E-state index contributed by atoms with van der Waals surface area (Å²) in [4.78, 5) is 2.63. The van der Waals surface area contributed by atoms with Crippen LogP contribution in [0.3, 0.4) is 0 Å². The Kier molecular flexibility index (Phi) is 5.99. The molecule has 2 aromatic carbocycles. The zero-order valence-corrected chi connectivity index (χ0v) is 18.1. The molecule has 5 heteroatoms. The predicted molar refractivity (Wildman–Crippen MR) is 113 cm³/mol. The van der Waals surface area contributed by atoms with Crippen LogP contribution in [0.15, 0.2) is 59.5 Å². The largest absolute Gasteiger partial charge is 0.297 e. The fraction of sp³-hybridized carbons (Fsp3) is 0.478. The molecular formula is C23H31NO3S. The first-order valence-electron chi connectivity index (χ1n) is 9.95. The maximum absolute atomic E-state index is 12.7. The summed E-state index contributed by atoms with van der Waals surface area (Å²) >= 11 is 0. The summed E-state index contributed by atoms with van der Waals surface area (Å²) in [5, 5.41) is 0. The maximum Gasteiger partial charge on any atom is 0.297 e. The van der Waals surface area contributed by atoms with Crippen molar-refractivity contribution in [2.24, 2.45) is 0 Å². The first-order chi connectivity index (χ1) is 13.2. The molecule has 2 aromatic rings. The molecule has 1 fully saturated rings. The zero-order chi connectivity index (χ0) is 20.4. The highest BCUT2D eigenvalue weighted by Crippen LogP contribution is 2.40. The highest BCUT2D eigenvalue weighted by molar-refractivity contribution is 7.86. The van der Waals surface area contributed by atoms with Gasteiger partial charge in [-0.05, 0) is 64.8 Å². The quantitative estimate of drug-likeness (QED) is 0.647. The van der Waals surface area contributed by atoms with E-state index >= 15 is 0 Å². The Balaban J connectivity index is 1.83. The van der Waals surface area contributed by atoms with Crippen molar-refractivity contribution in [3.05, 3.63) is 65.7 Å². The van der Waals surface area contributed by atoms with Gasteiger partial charge in [0.15, 0.2) is 0 Å². The first kappa shape index (κ1) is 21.0. The van der Waals surface area contributed by atoms with E-state index in [1.54, 1.807) is 24.3 Å². The van der Waals surface area contributed by atoms with E-state index in [4.69, 9.17) is 4.18 Å². The number of likely N-dealkylation sites (tertiary alicyclic amines) is 1. The number of hydrogen-bond donors (Lipinski definition) is 0. The zero-order valence-electron chi connectivity index (χ0n) is 17.3. The molecule has 4 nitrogen and oxygen atoms in total. The van der Waals surface area contributed by atoms with E-state index in [9.17, 15) is 8.42 Å². The molecule has 1 aliphatic heterocycles. The molecular weight excluding hydrogens is 370 g/mol. The number of rotatable bonds is 6.